The molecule has 0 aliphatic carbocycles. The molecule has 0 aliphatic rings. The quantitative estimate of drug-likeness (QED) is 0.523. The number of hydrogen-bond acceptors (Lipinski definition) is 3. The smallest absolute Gasteiger partial charge is 0.255 e. The van der Waals surface area contributed by atoms with Crippen molar-refractivity contribution in [3.63, 3.8) is 0 Å². The summed E-state index contributed by atoms with van der Waals surface area (Å²) in [6.45, 7) is 1.55. The van der Waals surface area contributed by atoms with E-state index in [1.165, 1.54) is 6.07 Å². The molecule has 4 rings (SSSR count). The number of nitrogens with zero attached hydrogens (tertiary/aromatic N) is 1. The SMILES string of the molecule is CC(C#N)(NC(=O)c1cc2[nH]c3ccccc3c(=O)c2cc1F)c1ccccc1. The van der Waals surface area contributed by atoms with Crippen molar-refractivity contribution in [1.82, 2.24) is 10.3 Å². The molecular formula is C23H16FN3O2. The zero-order chi connectivity index (χ0) is 20.6. The van der Waals surface area contributed by atoms with Gasteiger partial charge >= 0.3 is 0 Å². The number of nitriles is 1. The minimum atomic E-state index is -1.34. The zero-order valence-corrected chi connectivity index (χ0v) is 15.5. The van der Waals surface area contributed by atoms with Gasteiger partial charge in [-0.25, -0.2) is 4.39 Å². The van der Waals surface area contributed by atoms with Crippen LogP contribution in [0.1, 0.15) is 22.8 Å². The fourth-order valence-corrected chi connectivity index (χ4v) is 3.35. The molecule has 3 aromatic carbocycles. The fourth-order valence-electron chi connectivity index (χ4n) is 3.35. The molecule has 1 amide bonds. The summed E-state index contributed by atoms with van der Waals surface area (Å²) in [5, 5.41) is 12.8. The number of halogens is 1. The van der Waals surface area contributed by atoms with Crippen LogP contribution in [0, 0.1) is 17.1 Å². The number of pyridine rings is 1. The number of H-pyrrole nitrogens is 1. The number of fused-ring (bicyclic) bond motifs is 2. The Balaban J connectivity index is 1.80. The molecule has 1 unspecified atom stereocenters. The number of hydrogen-bond donors (Lipinski definition) is 2. The van der Waals surface area contributed by atoms with Gasteiger partial charge in [-0.1, -0.05) is 42.5 Å². The molecule has 2 N–H and O–H groups in total. The van der Waals surface area contributed by atoms with Crippen molar-refractivity contribution in [2.75, 3.05) is 0 Å². The van der Waals surface area contributed by atoms with Crippen molar-refractivity contribution in [2.24, 2.45) is 0 Å². The van der Waals surface area contributed by atoms with Crippen LogP contribution >= 0.6 is 0 Å². The van der Waals surface area contributed by atoms with Gasteiger partial charge in [0.25, 0.3) is 5.91 Å². The third-order valence-electron chi connectivity index (χ3n) is 4.98. The highest BCUT2D eigenvalue weighted by Gasteiger charge is 2.30. The molecule has 142 valence electrons. The maximum atomic E-state index is 14.7. The lowest BCUT2D eigenvalue weighted by Crippen LogP contribution is -2.42. The Morgan fingerprint density at radius 2 is 1.72 bits per heavy atom. The molecule has 0 radical (unpaired) electrons. The van der Waals surface area contributed by atoms with Gasteiger partial charge < -0.3 is 10.3 Å². The Bertz CT molecular complexity index is 1360. The first-order chi connectivity index (χ1) is 13.9. The second kappa shape index (κ2) is 6.88. The van der Waals surface area contributed by atoms with Crippen LogP contribution in [0.3, 0.4) is 0 Å². The van der Waals surface area contributed by atoms with Gasteiger partial charge in [0.1, 0.15) is 5.82 Å². The van der Waals surface area contributed by atoms with E-state index >= 15 is 0 Å². The van der Waals surface area contributed by atoms with Crippen LogP contribution in [-0.4, -0.2) is 10.9 Å². The van der Waals surface area contributed by atoms with Crippen LogP contribution in [0.25, 0.3) is 21.8 Å². The third-order valence-corrected chi connectivity index (χ3v) is 4.98. The molecule has 0 saturated carbocycles. The summed E-state index contributed by atoms with van der Waals surface area (Å²) >= 11 is 0. The predicted molar refractivity (Wildman–Crippen MR) is 109 cm³/mol. The van der Waals surface area contributed by atoms with Gasteiger partial charge in [0.2, 0.25) is 0 Å². The number of para-hydroxylation sites is 1. The normalized spacial score (nSPS) is 13.0. The summed E-state index contributed by atoms with van der Waals surface area (Å²) in [4.78, 5) is 28.5. The van der Waals surface area contributed by atoms with Crippen LogP contribution in [0.4, 0.5) is 4.39 Å². The number of aromatic amines is 1. The lowest BCUT2D eigenvalue weighted by molar-refractivity contribution is 0.0919. The Hall–Kier alpha value is -3.98. The van der Waals surface area contributed by atoms with Crippen LogP contribution in [-0.2, 0) is 5.54 Å². The van der Waals surface area contributed by atoms with Crippen LogP contribution in [0.5, 0.6) is 0 Å². The molecule has 1 heterocycles. The summed E-state index contributed by atoms with van der Waals surface area (Å²) in [6.07, 6.45) is 0. The van der Waals surface area contributed by atoms with Crippen molar-refractivity contribution in [3.05, 3.63) is 93.9 Å². The highest BCUT2D eigenvalue weighted by Crippen LogP contribution is 2.23. The van der Waals surface area contributed by atoms with E-state index in [0.29, 0.717) is 22.0 Å². The molecule has 29 heavy (non-hydrogen) atoms. The minimum absolute atomic E-state index is 0.156. The number of nitrogens with one attached hydrogen (secondary N) is 2. The molecule has 5 nitrogen and oxygen atoms in total. The largest absolute Gasteiger partial charge is 0.354 e. The lowest BCUT2D eigenvalue weighted by Gasteiger charge is -2.24. The average Bonchev–Trinajstić information content (AvgIpc) is 2.74. The average molecular weight is 385 g/mol. The zero-order valence-electron chi connectivity index (χ0n) is 15.5. The monoisotopic (exact) mass is 385 g/mol. The molecule has 6 heteroatoms. The molecule has 0 spiro atoms. The first kappa shape index (κ1) is 18.4. The van der Waals surface area contributed by atoms with Gasteiger partial charge in [0.15, 0.2) is 11.0 Å². The number of aromatic nitrogens is 1. The summed E-state index contributed by atoms with van der Waals surface area (Å²) < 4.78 is 14.7. The highest BCUT2D eigenvalue weighted by atomic mass is 19.1. The molecule has 4 aromatic rings. The first-order valence-electron chi connectivity index (χ1n) is 8.96. The summed E-state index contributed by atoms with van der Waals surface area (Å²) in [6, 6.07) is 20.1. The first-order valence-corrected chi connectivity index (χ1v) is 8.96. The number of carbonyl (C=O) groups is 1. The fraction of sp³-hybridized carbons (Fsp3) is 0.0870. The Labute approximate surface area is 165 Å². The van der Waals surface area contributed by atoms with E-state index in [2.05, 4.69) is 16.4 Å². The molecule has 0 fully saturated rings. The minimum Gasteiger partial charge on any atom is -0.354 e. The topological polar surface area (TPSA) is 85.8 Å². The van der Waals surface area contributed by atoms with E-state index in [4.69, 9.17) is 0 Å². The van der Waals surface area contributed by atoms with Crippen LogP contribution in [0.15, 0.2) is 71.5 Å². The van der Waals surface area contributed by atoms with Gasteiger partial charge in [-0.3, -0.25) is 9.59 Å². The Morgan fingerprint density at radius 3 is 2.45 bits per heavy atom. The molecule has 0 aliphatic heterocycles. The van der Waals surface area contributed by atoms with Crippen molar-refractivity contribution in [1.29, 1.82) is 5.26 Å². The third kappa shape index (κ3) is 3.13. The summed E-state index contributed by atoms with van der Waals surface area (Å²) in [5.41, 5.74) is -0.382. The molecular weight excluding hydrogens is 369 g/mol. The second-order valence-electron chi connectivity index (χ2n) is 6.93. The van der Waals surface area contributed by atoms with Crippen molar-refractivity contribution in [3.8, 4) is 6.07 Å². The number of carbonyl (C=O) groups excluding carboxylic acids is 1. The molecule has 0 bridgehead atoms. The van der Waals surface area contributed by atoms with E-state index < -0.39 is 17.3 Å². The predicted octanol–water partition coefficient (Wildman–Crippen LogP) is 3.99. The van der Waals surface area contributed by atoms with E-state index in [-0.39, 0.29) is 16.4 Å². The van der Waals surface area contributed by atoms with Crippen molar-refractivity contribution >= 4 is 27.7 Å². The van der Waals surface area contributed by atoms with E-state index in [1.807, 2.05) is 0 Å². The van der Waals surface area contributed by atoms with E-state index in [9.17, 15) is 19.2 Å². The number of rotatable bonds is 3. The van der Waals surface area contributed by atoms with Crippen LogP contribution in [0.2, 0.25) is 0 Å². The second-order valence-corrected chi connectivity index (χ2v) is 6.93. The summed E-state index contributed by atoms with van der Waals surface area (Å²) in [7, 11) is 0. The van der Waals surface area contributed by atoms with Gasteiger partial charge in [-0.05, 0) is 36.8 Å². The lowest BCUT2D eigenvalue weighted by atomic mass is 9.93. The summed E-state index contributed by atoms with van der Waals surface area (Å²) in [5.74, 6) is -1.57. The van der Waals surface area contributed by atoms with E-state index in [0.717, 1.165) is 6.07 Å². The Kier molecular flexibility index (Phi) is 4.36. The van der Waals surface area contributed by atoms with Gasteiger partial charge in [-0.2, -0.15) is 5.26 Å². The maximum absolute atomic E-state index is 14.7. The van der Waals surface area contributed by atoms with Crippen molar-refractivity contribution < 1.29 is 9.18 Å². The number of amides is 1. The molecule has 1 atom stereocenters. The van der Waals surface area contributed by atoms with Gasteiger partial charge in [0, 0.05) is 16.3 Å². The van der Waals surface area contributed by atoms with Crippen molar-refractivity contribution in [2.45, 2.75) is 12.5 Å². The molecule has 0 saturated heterocycles. The standard InChI is InChI=1S/C23H16FN3O2/c1-23(13-25,14-7-3-2-4-8-14)27-22(29)16-12-20-17(11-18(16)24)21(28)15-9-5-6-10-19(15)26-20/h2-12H,1H3,(H,26,28)(H,27,29). The van der Waals surface area contributed by atoms with Crippen LogP contribution < -0.4 is 10.7 Å². The van der Waals surface area contributed by atoms with Gasteiger partial charge in [0.05, 0.1) is 17.1 Å². The maximum Gasteiger partial charge on any atom is 0.255 e. The number of benzene rings is 3. The molecule has 1 aromatic heterocycles. The van der Waals surface area contributed by atoms with Gasteiger partial charge in [-0.15, -0.1) is 0 Å². The highest BCUT2D eigenvalue weighted by molar-refractivity contribution is 6.00. The Morgan fingerprint density at radius 1 is 1.03 bits per heavy atom. The van der Waals surface area contributed by atoms with E-state index in [1.54, 1.807) is 61.5 Å².